The van der Waals surface area contributed by atoms with E-state index in [1.54, 1.807) is 18.2 Å². The van der Waals surface area contributed by atoms with Gasteiger partial charge in [0.1, 0.15) is 5.75 Å². The second-order valence-electron chi connectivity index (χ2n) is 4.02. The standard InChI is InChI=1S/C14H11ClF3NO2/c15-10-4-3-7-11(9(10)8-19)20-12-5-1-2-6-13(12)21-14(16,17)18/h1-7H,8,19H2. The van der Waals surface area contributed by atoms with E-state index in [0.29, 0.717) is 10.6 Å². The molecule has 0 amide bonds. The molecule has 2 N–H and O–H groups in total. The highest BCUT2D eigenvalue weighted by Crippen LogP contribution is 2.37. The lowest BCUT2D eigenvalue weighted by molar-refractivity contribution is -0.275. The van der Waals surface area contributed by atoms with Crippen molar-refractivity contribution in [3.63, 3.8) is 0 Å². The summed E-state index contributed by atoms with van der Waals surface area (Å²) in [5, 5.41) is 0.379. The van der Waals surface area contributed by atoms with Crippen LogP contribution in [0.1, 0.15) is 5.56 Å². The van der Waals surface area contributed by atoms with Gasteiger partial charge in [-0.3, -0.25) is 0 Å². The molecule has 0 unspecified atom stereocenters. The van der Waals surface area contributed by atoms with Crippen molar-refractivity contribution < 1.29 is 22.6 Å². The molecule has 0 saturated carbocycles. The zero-order valence-corrected chi connectivity index (χ0v) is 11.4. The molecule has 0 aliphatic heterocycles. The largest absolute Gasteiger partial charge is 0.573 e. The van der Waals surface area contributed by atoms with Crippen molar-refractivity contribution in [2.24, 2.45) is 5.73 Å². The van der Waals surface area contributed by atoms with Crippen LogP contribution in [0, 0.1) is 0 Å². The molecule has 7 heteroatoms. The molecule has 0 aliphatic carbocycles. The molecule has 0 fully saturated rings. The average molecular weight is 318 g/mol. The van der Waals surface area contributed by atoms with Crippen LogP contribution in [0.3, 0.4) is 0 Å². The van der Waals surface area contributed by atoms with E-state index in [1.807, 2.05) is 0 Å². The van der Waals surface area contributed by atoms with Gasteiger partial charge in [-0.05, 0) is 24.3 Å². The fourth-order valence-corrected chi connectivity index (χ4v) is 1.94. The van der Waals surface area contributed by atoms with Crippen molar-refractivity contribution in [3.05, 3.63) is 53.1 Å². The molecule has 0 aliphatic rings. The van der Waals surface area contributed by atoms with Crippen molar-refractivity contribution in [1.82, 2.24) is 0 Å². The number of para-hydroxylation sites is 2. The lowest BCUT2D eigenvalue weighted by Crippen LogP contribution is -2.17. The van der Waals surface area contributed by atoms with Crippen LogP contribution in [0.2, 0.25) is 5.02 Å². The molecule has 0 radical (unpaired) electrons. The number of halogens is 4. The molecule has 2 aromatic rings. The maximum atomic E-state index is 12.4. The Morgan fingerprint density at radius 1 is 0.952 bits per heavy atom. The highest BCUT2D eigenvalue weighted by molar-refractivity contribution is 6.31. The quantitative estimate of drug-likeness (QED) is 0.903. The molecule has 0 aromatic heterocycles. The van der Waals surface area contributed by atoms with Crippen LogP contribution < -0.4 is 15.2 Å². The van der Waals surface area contributed by atoms with E-state index < -0.39 is 12.1 Å². The van der Waals surface area contributed by atoms with Gasteiger partial charge in [0, 0.05) is 17.1 Å². The Balaban J connectivity index is 2.34. The van der Waals surface area contributed by atoms with Crippen molar-refractivity contribution in [2.75, 3.05) is 0 Å². The number of hydrogen-bond acceptors (Lipinski definition) is 3. The molecule has 3 nitrogen and oxygen atoms in total. The van der Waals surface area contributed by atoms with E-state index in [9.17, 15) is 13.2 Å². The van der Waals surface area contributed by atoms with Gasteiger partial charge in [0.15, 0.2) is 11.5 Å². The van der Waals surface area contributed by atoms with Gasteiger partial charge >= 0.3 is 6.36 Å². The summed E-state index contributed by atoms with van der Waals surface area (Å²) < 4.78 is 46.4. The van der Waals surface area contributed by atoms with E-state index in [-0.39, 0.29) is 18.0 Å². The zero-order valence-electron chi connectivity index (χ0n) is 10.7. The lowest BCUT2D eigenvalue weighted by Gasteiger charge is -2.15. The summed E-state index contributed by atoms with van der Waals surface area (Å²) in [6.45, 7) is 0.0945. The summed E-state index contributed by atoms with van der Waals surface area (Å²) in [5.41, 5.74) is 6.07. The Kier molecular flexibility index (Phi) is 4.59. The van der Waals surface area contributed by atoms with E-state index in [0.717, 1.165) is 6.07 Å². The fraction of sp³-hybridized carbons (Fsp3) is 0.143. The van der Waals surface area contributed by atoms with Gasteiger partial charge in [0.2, 0.25) is 0 Å². The van der Waals surface area contributed by atoms with Crippen LogP contribution in [-0.4, -0.2) is 6.36 Å². The van der Waals surface area contributed by atoms with Gasteiger partial charge in [0.05, 0.1) is 0 Å². The first kappa shape index (κ1) is 15.5. The van der Waals surface area contributed by atoms with Crippen molar-refractivity contribution in [3.8, 4) is 17.2 Å². The first-order chi connectivity index (χ1) is 9.90. The van der Waals surface area contributed by atoms with Crippen LogP contribution in [-0.2, 0) is 6.54 Å². The molecule has 2 rings (SSSR count). The van der Waals surface area contributed by atoms with Crippen LogP contribution in [0.25, 0.3) is 0 Å². The lowest BCUT2D eigenvalue weighted by atomic mass is 10.2. The maximum absolute atomic E-state index is 12.4. The van der Waals surface area contributed by atoms with E-state index in [2.05, 4.69) is 4.74 Å². The summed E-state index contributed by atoms with van der Waals surface area (Å²) >= 11 is 5.97. The number of rotatable bonds is 4. The fourth-order valence-electron chi connectivity index (χ4n) is 1.69. The minimum absolute atomic E-state index is 0.0770. The number of alkyl halides is 3. The molecule has 21 heavy (non-hydrogen) atoms. The third-order valence-corrected chi connectivity index (χ3v) is 2.93. The normalized spacial score (nSPS) is 11.3. The molecular weight excluding hydrogens is 307 g/mol. The number of benzene rings is 2. The van der Waals surface area contributed by atoms with Crippen LogP contribution >= 0.6 is 11.6 Å². The first-order valence-electron chi connectivity index (χ1n) is 5.91. The topological polar surface area (TPSA) is 44.5 Å². The van der Waals surface area contributed by atoms with E-state index >= 15 is 0 Å². The summed E-state index contributed by atoms with van der Waals surface area (Å²) in [6.07, 6.45) is -4.80. The minimum Gasteiger partial charge on any atom is -0.453 e. The minimum atomic E-state index is -4.80. The average Bonchev–Trinajstić information content (AvgIpc) is 2.40. The molecule has 0 saturated heterocycles. The van der Waals surface area contributed by atoms with Gasteiger partial charge in [-0.1, -0.05) is 29.8 Å². The maximum Gasteiger partial charge on any atom is 0.573 e. The van der Waals surface area contributed by atoms with Gasteiger partial charge in [-0.15, -0.1) is 13.2 Å². The van der Waals surface area contributed by atoms with Gasteiger partial charge in [-0.25, -0.2) is 0 Å². The number of nitrogens with two attached hydrogens (primary N) is 1. The van der Waals surface area contributed by atoms with Crippen molar-refractivity contribution >= 4 is 11.6 Å². The first-order valence-corrected chi connectivity index (χ1v) is 6.28. The van der Waals surface area contributed by atoms with E-state index in [4.69, 9.17) is 22.1 Å². The highest BCUT2D eigenvalue weighted by Gasteiger charge is 2.32. The predicted molar refractivity (Wildman–Crippen MR) is 72.5 cm³/mol. The Labute approximate surface area is 124 Å². The molecule has 112 valence electrons. The Hall–Kier alpha value is -1.92. The van der Waals surface area contributed by atoms with Gasteiger partial charge in [0.25, 0.3) is 0 Å². The Bertz CT molecular complexity index is 632. The molecule has 0 spiro atoms. The Morgan fingerprint density at radius 3 is 2.19 bits per heavy atom. The van der Waals surface area contributed by atoms with Crippen molar-refractivity contribution in [2.45, 2.75) is 12.9 Å². The van der Waals surface area contributed by atoms with Gasteiger partial charge < -0.3 is 15.2 Å². The highest BCUT2D eigenvalue weighted by atomic mass is 35.5. The second kappa shape index (κ2) is 6.24. The van der Waals surface area contributed by atoms with Gasteiger partial charge in [-0.2, -0.15) is 0 Å². The third kappa shape index (κ3) is 4.03. The monoisotopic (exact) mass is 317 g/mol. The number of ether oxygens (including phenoxy) is 2. The second-order valence-corrected chi connectivity index (χ2v) is 4.42. The summed E-state index contributed by atoms with van der Waals surface area (Å²) in [7, 11) is 0. The summed E-state index contributed by atoms with van der Waals surface area (Å²) in [6, 6.07) is 10.3. The van der Waals surface area contributed by atoms with E-state index in [1.165, 1.54) is 18.2 Å². The summed E-state index contributed by atoms with van der Waals surface area (Å²) in [4.78, 5) is 0. The summed E-state index contributed by atoms with van der Waals surface area (Å²) in [5.74, 6) is -0.233. The smallest absolute Gasteiger partial charge is 0.453 e. The van der Waals surface area contributed by atoms with Crippen LogP contribution in [0.4, 0.5) is 13.2 Å². The molecule has 0 heterocycles. The SMILES string of the molecule is NCc1c(Cl)cccc1Oc1ccccc1OC(F)(F)F. The predicted octanol–water partition coefficient (Wildman–Crippen LogP) is 4.49. The molecule has 0 atom stereocenters. The van der Waals surface area contributed by atoms with Crippen molar-refractivity contribution in [1.29, 1.82) is 0 Å². The third-order valence-electron chi connectivity index (χ3n) is 2.57. The molecule has 0 bridgehead atoms. The Morgan fingerprint density at radius 2 is 1.57 bits per heavy atom. The molecular formula is C14H11ClF3NO2. The van der Waals surface area contributed by atoms with Crippen LogP contribution in [0.5, 0.6) is 17.2 Å². The van der Waals surface area contributed by atoms with Crippen LogP contribution in [0.15, 0.2) is 42.5 Å². The zero-order chi connectivity index (χ0) is 15.5. The number of hydrogen-bond donors (Lipinski definition) is 1. The molecule has 2 aromatic carbocycles.